The van der Waals surface area contributed by atoms with Gasteiger partial charge in [-0.3, -0.25) is 0 Å². The Morgan fingerprint density at radius 3 is 1.62 bits per heavy atom. The number of alkyl halides is 2. The Morgan fingerprint density at radius 2 is 1.31 bits per heavy atom. The molecule has 0 amide bonds. The van der Waals surface area contributed by atoms with Crippen LogP contribution in [0.2, 0.25) is 0 Å². The molecule has 0 radical (unpaired) electrons. The van der Waals surface area contributed by atoms with Crippen molar-refractivity contribution in [3.05, 3.63) is 34.9 Å². The molecule has 0 aliphatic carbocycles. The summed E-state index contributed by atoms with van der Waals surface area (Å²) in [5, 5.41) is 0. The largest absolute Gasteiger partial charge is 0.204 e. The van der Waals surface area contributed by atoms with Gasteiger partial charge >= 0.3 is 0 Å². The van der Waals surface area contributed by atoms with Crippen LogP contribution in [0, 0.1) is 23.3 Å². The first-order valence-corrected chi connectivity index (χ1v) is 3.93. The van der Waals surface area contributed by atoms with Gasteiger partial charge in [-0.2, -0.15) is 0 Å². The zero-order valence-corrected chi connectivity index (χ0v) is 7.43. The van der Waals surface area contributed by atoms with Crippen LogP contribution < -0.4 is 0 Å². The molecule has 0 saturated carbocycles. The predicted octanol–water partition coefficient (Wildman–Crippen LogP) is 3.72. The van der Waals surface area contributed by atoms with E-state index in [2.05, 4.69) is 0 Å². The Balaban J connectivity index is 3.46. The number of benzene rings is 1. The van der Waals surface area contributed by atoms with E-state index in [1.54, 1.807) is 0 Å². The van der Waals surface area contributed by atoms with Crippen LogP contribution in [0.4, 0.5) is 17.6 Å². The van der Waals surface area contributed by atoms with Crippen LogP contribution in [0.5, 0.6) is 0 Å². The molecule has 0 unspecified atom stereocenters. The maximum Gasteiger partial charge on any atom is 0.167 e. The van der Waals surface area contributed by atoms with Gasteiger partial charge in [0.25, 0.3) is 0 Å². The van der Waals surface area contributed by atoms with E-state index in [0.717, 1.165) is 0 Å². The van der Waals surface area contributed by atoms with Crippen molar-refractivity contribution in [3.63, 3.8) is 0 Å². The minimum Gasteiger partial charge on any atom is -0.204 e. The second kappa shape index (κ2) is 3.72. The molecule has 13 heavy (non-hydrogen) atoms. The van der Waals surface area contributed by atoms with Crippen LogP contribution in [-0.4, -0.2) is 0 Å². The molecule has 0 saturated heterocycles. The van der Waals surface area contributed by atoms with E-state index in [4.69, 9.17) is 23.2 Å². The summed E-state index contributed by atoms with van der Waals surface area (Å²) in [5.74, 6) is -6.21. The van der Waals surface area contributed by atoms with Crippen molar-refractivity contribution in [2.45, 2.75) is 4.84 Å². The second-order valence-corrected chi connectivity index (χ2v) is 3.28. The summed E-state index contributed by atoms with van der Waals surface area (Å²) in [6.07, 6.45) is 0. The summed E-state index contributed by atoms with van der Waals surface area (Å²) in [5.41, 5.74) is -1.01. The van der Waals surface area contributed by atoms with Gasteiger partial charge in [0.15, 0.2) is 23.3 Å². The van der Waals surface area contributed by atoms with E-state index >= 15 is 0 Å². The van der Waals surface area contributed by atoms with E-state index in [1.165, 1.54) is 0 Å². The molecule has 0 nitrogen and oxygen atoms in total. The van der Waals surface area contributed by atoms with E-state index in [1.807, 2.05) is 0 Å². The Kier molecular flexibility index (Phi) is 3.03. The highest BCUT2D eigenvalue weighted by Crippen LogP contribution is 2.31. The first-order chi connectivity index (χ1) is 5.95. The van der Waals surface area contributed by atoms with Crippen LogP contribution in [0.1, 0.15) is 10.4 Å². The van der Waals surface area contributed by atoms with E-state index in [9.17, 15) is 17.6 Å². The van der Waals surface area contributed by atoms with Crippen LogP contribution in [0.25, 0.3) is 0 Å². The molecule has 0 bridgehead atoms. The van der Waals surface area contributed by atoms with Gasteiger partial charge < -0.3 is 0 Å². The summed E-state index contributed by atoms with van der Waals surface area (Å²) in [7, 11) is 0. The third kappa shape index (κ3) is 1.89. The van der Waals surface area contributed by atoms with Gasteiger partial charge in [-0.25, -0.2) is 17.6 Å². The lowest BCUT2D eigenvalue weighted by Crippen LogP contribution is -2.01. The van der Waals surface area contributed by atoms with E-state index in [-0.39, 0.29) is 6.07 Å². The molecule has 0 fully saturated rings. The molecule has 0 spiro atoms. The van der Waals surface area contributed by atoms with E-state index < -0.39 is 33.7 Å². The zero-order valence-electron chi connectivity index (χ0n) is 5.92. The van der Waals surface area contributed by atoms with Crippen molar-refractivity contribution in [2.24, 2.45) is 0 Å². The lowest BCUT2D eigenvalue weighted by molar-refractivity contribution is 0.443. The van der Waals surface area contributed by atoms with Crippen LogP contribution in [0.3, 0.4) is 0 Å². The third-order valence-electron chi connectivity index (χ3n) is 1.36. The van der Waals surface area contributed by atoms with Crippen LogP contribution >= 0.6 is 23.2 Å². The highest BCUT2D eigenvalue weighted by Gasteiger charge is 2.23. The topological polar surface area (TPSA) is 0 Å². The molecular formula is C7H2Cl2F4. The molecular weight excluding hydrogens is 231 g/mol. The lowest BCUT2D eigenvalue weighted by Gasteiger charge is -2.06. The maximum absolute atomic E-state index is 12.7. The summed E-state index contributed by atoms with van der Waals surface area (Å²) in [4.78, 5) is -1.65. The fraction of sp³-hybridized carbons (Fsp3) is 0.143. The maximum atomic E-state index is 12.7. The summed E-state index contributed by atoms with van der Waals surface area (Å²) < 4.78 is 50.4. The van der Waals surface area contributed by atoms with Crippen molar-refractivity contribution in [1.82, 2.24) is 0 Å². The van der Waals surface area contributed by atoms with Crippen LogP contribution in [-0.2, 0) is 0 Å². The van der Waals surface area contributed by atoms with Crippen molar-refractivity contribution in [3.8, 4) is 0 Å². The predicted molar refractivity (Wildman–Crippen MR) is 40.7 cm³/mol. The SMILES string of the molecule is Fc1cc(F)c(F)c(C(Cl)Cl)c1F. The Labute approximate surface area is 81.1 Å². The van der Waals surface area contributed by atoms with Gasteiger partial charge in [0.1, 0.15) is 4.84 Å². The van der Waals surface area contributed by atoms with Gasteiger partial charge in [0.05, 0.1) is 5.56 Å². The van der Waals surface area contributed by atoms with E-state index in [0.29, 0.717) is 0 Å². The third-order valence-corrected chi connectivity index (χ3v) is 1.80. The molecule has 0 N–H and O–H groups in total. The minimum absolute atomic E-state index is 0.0876. The van der Waals surface area contributed by atoms with Gasteiger partial charge in [-0.05, 0) is 0 Å². The normalized spacial score (nSPS) is 11.0. The Hall–Kier alpha value is -0.480. The monoisotopic (exact) mass is 232 g/mol. The van der Waals surface area contributed by atoms with Crippen molar-refractivity contribution >= 4 is 23.2 Å². The number of halogens is 6. The molecule has 0 atom stereocenters. The summed E-state index contributed by atoms with van der Waals surface area (Å²) in [6, 6.07) is 0.0876. The molecule has 1 aromatic rings. The number of hydrogen-bond acceptors (Lipinski definition) is 0. The van der Waals surface area contributed by atoms with Crippen molar-refractivity contribution in [2.75, 3.05) is 0 Å². The Bertz CT molecular complexity index is 312. The Morgan fingerprint density at radius 1 is 0.923 bits per heavy atom. The molecule has 1 aromatic carbocycles. The van der Waals surface area contributed by atoms with Gasteiger partial charge in [-0.1, -0.05) is 23.2 Å². The standard InChI is InChI=1S/C7H2Cl2F4/c8-7(9)4-5(12)2(10)1-3(11)6(4)13/h1,7H. The first kappa shape index (κ1) is 10.6. The molecule has 0 aromatic heterocycles. The van der Waals surface area contributed by atoms with Crippen molar-refractivity contribution in [1.29, 1.82) is 0 Å². The van der Waals surface area contributed by atoms with Crippen LogP contribution in [0.15, 0.2) is 6.07 Å². The summed E-state index contributed by atoms with van der Waals surface area (Å²) in [6.45, 7) is 0. The minimum atomic E-state index is -1.65. The molecule has 72 valence electrons. The molecule has 1 rings (SSSR count). The fourth-order valence-electron chi connectivity index (χ4n) is 0.783. The van der Waals surface area contributed by atoms with Gasteiger partial charge in [0, 0.05) is 6.07 Å². The second-order valence-electron chi connectivity index (χ2n) is 2.18. The average Bonchev–Trinajstić information content (AvgIpc) is 2.01. The fourth-order valence-corrected chi connectivity index (χ4v) is 1.17. The zero-order chi connectivity index (χ0) is 10.2. The molecule has 0 aliphatic heterocycles. The smallest absolute Gasteiger partial charge is 0.167 e. The number of rotatable bonds is 1. The molecule has 0 heterocycles. The van der Waals surface area contributed by atoms with Gasteiger partial charge in [0.2, 0.25) is 0 Å². The quantitative estimate of drug-likeness (QED) is 0.394. The first-order valence-electron chi connectivity index (χ1n) is 3.06. The highest BCUT2D eigenvalue weighted by molar-refractivity contribution is 6.44. The number of hydrogen-bond donors (Lipinski definition) is 0. The molecule has 0 aliphatic rings. The summed E-state index contributed by atoms with van der Waals surface area (Å²) >= 11 is 10.2. The van der Waals surface area contributed by atoms with Crippen molar-refractivity contribution < 1.29 is 17.6 Å². The average molecular weight is 233 g/mol. The lowest BCUT2D eigenvalue weighted by atomic mass is 10.2. The van der Waals surface area contributed by atoms with Gasteiger partial charge in [-0.15, -0.1) is 0 Å². The molecule has 6 heteroatoms. The highest BCUT2D eigenvalue weighted by atomic mass is 35.5.